The van der Waals surface area contributed by atoms with Crippen LogP contribution in [-0.2, 0) is 16.0 Å². The summed E-state index contributed by atoms with van der Waals surface area (Å²) < 4.78 is 62.7. The molecule has 1 saturated heterocycles. The lowest BCUT2D eigenvalue weighted by Gasteiger charge is -2.29. The molecule has 0 radical (unpaired) electrons. The monoisotopic (exact) mass is 347 g/mol. The van der Waals surface area contributed by atoms with Crippen LogP contribution >= 0.6 is 0 Å². The van der Waals surface area contributed by atoms with Gasteiger partial charge in [-0.2, -0.15) is 13.2 Å². The molecule has 126 valence electrons. The van der Waals surface area contributed by atoms with Gasteiger partial charge in [0.1, 0.15) is 0 Å². The van der Waals surface area contributed by atoms with Gasteiger partial charge in [0.05, 0.1) is 22.6 Å². The average molecular weight is 347 g/mol. The Hall–Kier alpha value is -1.57. The first kappa shape index (κ1) is 16.3. The number of alkyl halides is 3. The zero-order valence-electron chi connectivity index (χ0n) is 12.2. The van der Waals surface area contributed by atoms with Crippen LogP contribution in [0, 0.1) is 0 Å². The van der Waals surface area contributed by atoms with Crippen molar-refractivity contribution >= 4 is 15.7 Å². The van der Waals surface area contributed by atoms with E-state index in [0.717, 1.165) is 12.1 Å². The summed E-state index contributed by atoms with van der Waals surface area (Å²) in [6.07, 6.45) is -2.92. The average Bonchev–Trinajstić information content (AvgIpc) is 3.22. The van der Waals surface area contributed by atoms with Crippen molar-refractivity contribution < 1.29 is 26.4 Å². The highest BCUT2D eigenvalue weighted by Crippen LogP contribution is 2.37. The van der Waals surface area contributed by atoms with Crippen molar-refractivity contribution in [1.29, 1.82) is 0 Å². The summed E-state index contributed by atoms with van der Waals surface area (Å²) in [5.74, 6) is -0.902. The molecule has 2 fully saturated rings. The van der Waals surface area contributed by atoms with Gasteiger partial charge in [-0.15, -0.1) is 0 Å². The van der Waals surface area contributed by atoms with E-state index >= 15 is 0 Å². The topological polar surface area (TPSA) is 54.5 Å². The van der Waals surface area contributed by atoms with Crippen molar-refractivity contribution in [1.82, 2.24) is 4.90 Å². The lowest BCUT2D eigenvalue weighted by molar-refractivity contribution is -0.138. The summed E-state index contributed by atoms with van der Waals surface area (Å²) in [7, 11) is -3.22. The predicted molar refractivity (Wildman–Crippen MR) is 77.7 cm³/mol. The zero-order valence-corrected chi connectivity index (χ0v) is 13.0. The number of halogens is 3. The van der Waals surface area contributed by atoms with Crippen LogP contribution in [0.4, 0.5) is 13.2 Å². The van der Waals surface area contributed by atoms with Crippen LogP contribution in [0.15, 0.2) is 24.3 Å². The number of carbonyl (C=O) groups is 1. The van der Waals surface area contributed by atoms with Crippen molar-refractivity contribution in [2.24, 2.45) is 0 Å². The fraction of sp³-hybridized carbons (Fsp3) is 0.533. The highest BCUT2D eigenvalue weighted by molar-refractivity contribution is 7.91. The van der Waals surface area contributed by atoms with Gasteiger partial charge in [0, 0.05) is 12.1 Å². The number of rotatable bonds is 3. The molecule has 8 heteroatoms. The SMILES string of the molecule is O=C(c1ccccc1C(F)(F)F)N(C1CC1)[C@H]1CCS(=O)(=O)C1. The molecule has 0 unspecified atom stereocenters. The van der Waals surface area contributed by atoms with Gasteiger partial charge in [-0.25, -0.2) is 8.42 Å². The molecule has 1 atom stereocenters. The first-order valence-corrected chi connectivity index (χ1v) is 9.20. The van der Waals surface area contributed by atoms with E-state index in [1.165, 1.54) is 17.0 Å². The van der Waals surface area contributed by atoms with Crippen LogP contribution in [0.1, 0.15) is 35.2 Å². The van der Waals surface area contributed by atoms with Crippen molar-refractivity contribution in [2.75, 3.05) is 11.5 Å². The van der Waals surface area contributed by atoms with Crippen molar-refractivity contribution in [3.8, 4) is 0 Å². The van der Waals surface area contributed by atoms with Crippen LogP contribution < -0.4 is 0 Å². The number of hydrogen-bond acceptors (Lipinski definition) is 3. The molecule has 1 aliphatic heterocycles. The Kier molecular flexibility index (Phi) is 3.90. The molecule has 3 rings (SSSR count). The zero-order chi connectivity index (χ0) is 16.8. The Morgan fingerprint density at radius 1 is 1.09 bits per heavy atom. The molecule has 1 aliphatic carbocycles. The van der Waals surface area contributed by atoms with Crippen molar-refractivity contribution in [3.63, 3.8) is 0 Å². The summed E-state index contributed by atoms with van der Waals surface area (Å²) >= 11 is 0. The van der Waals surface area contributed by atoms with Gasteiger partial charge >= 0.3 is 6.18 Å². The molecule has 1 heterocycles. The Bertz CT molecular complexity index is 726. The van der Waals surface area contributed by atoms with E-state index in [-0.39, 0.29) is 17.5 Å². The van der Waals surface area contributed by atoms with Crippen molar-refractivity contribution in [2.45, 2.75) is 37.5 Å². The second-order valence-corrected chi connectivity index (χ2v) is 8.27. The first-order valence-electron chi connectivity index (χ1n) is 7.38. The Morgan fingerprint density at radius 3 is 2.26 bits per heavy atom. The lowest BCUT2D eigenvalue weighted by Crippen LogP contribution is -2.43. The molecule has 1 amide bonds. The molecule has 0 N–H and O–H groups in total. The molecule has 4 nitrogen and oxygen atoms in total. The van der Waals surface area contributed by atoms with E-state index in [4.69, 9.17) is 0 Å². The number of nitrogens with zero attached hydrogens (tertiary/aromatic N) is 1. The number of carbonyl (C=O) groups excluding carboxylic acids is 1. The van der Waals surface area contributed by atoms with Gasteiger partial charge in [0.15, 0.2) is 9.84 Å². The van der Waals surface area contributed by atoms with E-state index in [1.54, 1.807) is 0 Å². The van der Waals surface area contributed by atoms with Crippen LogP contribution in [0.2, 0.25) is 0 Å². The van der Waals surface area contributed by atoms with E-state index in [2.05, 4.69) is 0 Å². The highest BCUT2D eigenvalue weighted by atomic mass is 32.2. The third kappa shape index (κ3) is 3.36. The predicted octanol–water partition coefficient (Wildman–Crippen LogP) is 2.50. The van der Waals surface area contributed by atoms with Gasteiger partial charge < -0.3 is 4.90 Å². The van der Waals surface area contributed by atoms with Gasteiger partial charge in [0.25, 0.3) is 5.91 Å². The largest absolute Gasteiger partial charge is 0.417 e. The third-order valence-corrected chi connectivity index (χ3v) is 5.99. The van der Waals surface area contributed by atoms with Crippen molar-refractivity contribution in [3.05, 3.63) is 35.4 Å². The normalized spacial score (nSPS) is 23.7. The maximum atomic E-state index is 13.1. The standard InChI is InChI=1S/C15H16F3NO3S/c16-15(17,18)13-4-2-1-3-12(13)14(20)19(10-5-6-10)11-7-8-23(21,22)9-11/h1-4,10-11H,5-9H2/t11-/m0/s1. The fourth-order valence-corrected chi connectivity index (χ4v) is 4.74. The molecule has 23 heavy (non-hydrogen) atoms. The second-order valence-electron chi connectivity index (χ2n) is 6.04. The quantitative estimate of drug-likeness (QED) is 0.844. The maximum absolute atomic E-state index is 13.1. The van der Waals surface area contributed by atoms with E-state index in [9.17, 15) is 26.4 Å². The lowest BCUT2D eigenvalue weighted by atomic mass is 10.0. The fourth-order valence-electron chi connectivity index (χ4n) is 3.03. The highest BCUT2D eigenvalue weighted by Gasteiger charge is 2.44. The van der Waals surface area contributed by atoms with Gasteiger partial charge in [-0.05, 0) is 31.4 Å². The molecule has 0 bridgehead atoms. The number of sulfone groups is 1. The minimum absolute atomic E-state index is 0.0188. The molecule has 1 saturated carbocycles. The molecule has 0 aromatic heterocycles. The summed E-state index contributed by atoms with van der Waals surface area (Å²) in [5.41, 5.74) is -1.38. The van der Waals surface area contributed by atoms with Gasteiger partial charge in [-0.1, -0.05) is 12.1 Å². The molecular formula is C15H16F3NO3S. The molecule has 1 aromatic rings. The maximum Gasteiger partial charge on any atom is 0.417 e. The number of hydrogen-bond donors (Lipinski definition) is 0. The number of benzene rings is 1. The Labute approximate surface area is 132 Å². The molecule has 1 aromatic carbocycles. The molecule has 0 spiro atoms. The van der Waals surface area contributed by atoms with Crippen LogP contribution in [0.3, 0.4) is 0 Å². The summed E-state index contributed by atoms with van der Waals surface area (Å²) in [5, 5.41) is 0. The first-order chi connectivity index (χ1) is 10.7. The summed E-state index contributed by atoms with van der Waals surface area (Å²) in [6.45, 7) is 0. The Balaban J connectivity index is 1.95. The van der Waals surface area contributed by atoms with Crippen LogP contribution in [0.5, 0.6) is 0 Å². The van der Waals surface area contributed by atoms with Crippen LogP contribution in [-0.4, -0.2) is 42.8 Å². The van der Waals surface area contributed by atoms with Gasteiger partial charge in [0.2, 0.25) is 0 Å². The third-order valence-electron chi connectivity index (χ3n) is 4.24. The summed E-state index contributed by atoms with van der Waals surface area (Å²) in [4.78, 5) is 14.1. The second kappa shape index (κ2) is 5.51. The van der Waals surface area contributed by atoms with E-state index < -0.39 is 39.1 Å². The van der Waals surface area contributed by atoms with Crippen LogP contribution in [0.25, 0.3) is 0 Å². The molecule has 2 aliphatic rings. The minimum atomic E-state index is -4.62. The summed E-state index contributed by atoms with van der Waals surface area (Å²) in [6, 6.07) is 3.98. The Morgan fingerprint density at radius 2 is 1.74 bits per heavy atom. The van der Waals surface area contributed by atoms with Gasteiger partial charge in [-0.3, -0.25) is 4.79 Å². The number of amides is 1. The van der Waals surface area contributed by atoms with E-state index in [0.29, 0.717) is 19.3 Å². The smallest absolute Gasteiger partial charge is 0.332 e. The minimum Gasteiger partial charge on any atom is -0.332 e. The molecular weight excluding hydrogens is 331 g/mol. The van der Waals surface area contributed by atoms with E-state index in [1.807, 2.05) is 0 Å².